The number of hydrogen-bond acceptors (Lipinski definition) is 4. The van der Waals surface area contributed by atoms with Gasteiger partial charge >= 0.3 is 5.97 Å². The molecule has 0 aliphatic carbocycles. The molecule has 28 heavy (non-hydrogen) atoms. The number of carbonyl (C=O) groups is 2. The standard InChI is InChI=1S/C21H21N3O3S/c25-19(12-11-16-7-2-1-3-8-16)22-13-6-14-28-21-23-17-9-4-5-10-18(17)24(21)15-20(26)27/h1-5,7-12H,6,13-15H2,(H,22,25)(H,26,27). The molecule has 144 valence electrons. The molecule has 0 bridgehead atoms. The summed E-state index contributed by atoms with van der Waals surface area (Å²) in [5.41, 5.74) is 2.57. The van der Waals surface area contributed by atoms with E-state index in [1.54, 1.807) is 10.6 Å². The fourth-order valence-electron chi connectivity index (χ4n) is 2.69. The average Bonchev–Trinajstić information content (AvgIpc) is 3.04. The normalized spacial score (nSPS) is 11.1. The number of nitrogens with one attached hydrogen (secondary N) is 1. The Labute approximate surface area is 167 Å². The van der Waals surface area contributed by atoms with Crippen molar-refractivity contribution in [3.8, 4) is 0 Å². The molecule has 0 aliphatic heterocycles. The molecule has 3 aromatic rings. The van der Waals surface area contributed by atoms with Crippen LogP contribution in [0, 0.1) is 0 Å². The van der Waals surface area contributed by atoms with Crippen molar-refractivity contribution in [1.82, 2.24) is 14.9 Å². The van der Waals surface area contributed by atoms with Gasteiger partial charge in [-0.2, -0.15) is 0 Å². The van der Waals surface area contributed by atoms with E-state index < -0.39 is 5.97 Å². The number of hydrogen-bond donors (Lipinski definition) is 2. The van der Waals surface area contributed by atoms with Crippen molar-refractivity contribution in [2.75, 3.05) is 12.3 Å². The quantitative estimate of drug-likeness (QED) is 0.329. The Hall–Kier alpha value is -3.06. The van der Waals surface area contributed by atoms with Gasteiger partial charge in [0.05, 0.1) is 11.0 Å². The fraction of sp³-hybridized carbons (Fsp3) is 0.190. The number of benzene rings is 2. The van der Waals surface area contributed by atoms with Crippen LogP contribution in [-0.4, -0.2) is 38.8 Å². The van der Waals surface area contributed by atoms with Crippen molar-refractivity contribution in [2.45, 2.75) is 18.1 Å². The molecular weight excluding hydrogens is 374 g/mol. The highest BCUT2D eigenvalue weighted by atomic mass is 32.2. The Bertz CT molecular complexity index is 983. The minimum atomic E-state index is -0.900. The second-order valence-corrected chi connectivity index (χ2v) is 7.16. The Morgan fingerprint density at radius 3 is 2.64 bits per heavy atom. The lowest BCUT2D eigenvalue weighted by Gasteiger charge is -2.06. The molecule has 3 rings (SSSR count). The van der Waals surface area contributed by atoms with E-state index in [1.165, 1.54) is 17.8 Å². The third-order valence-corrected chi connectivity index (χ3v) is 5.05. The first kappa shape index (κ1) is 19.7. The van der Waals surface area contributed by atoms with Gasteiger partial charge in [0.15, 0.2) is 5.16 Å². The van der Waals surface area contributed by atoms with Gasteiger partial charge in [-0.25, -0.2) is 4.98 Å². The van der Waals surface area contributed by atoms with Crippen molar-refractivity contribution in [3.63, 3.8) is 0 Å². The van der Waals surface area contributed by atoms with Gasteiger partial charge in [-0.3, -0.25) is 9.59 Å². The molecule has 0 saturated carbocycles. The van der Waals surface area contributed by atoms with Crippen LogP contribution in [0.3, 0.4) is 0 Å². The van der Waals surface area contributed by atoms with Gasteiger partial charge in [0.2, 0.25) is 5.91 Å². The first-order valence-electron chi connectivity index (χ1n) is 8.94. The van der Waals surface area contributed by atoms with Gasteiger partial charge in [-0.05, 0) is 30.2 Å². The molecule has 1 heterocycles. The SMILES string of the molecule is O=C(O)Cn1c(SCCCNC(=O)C=Cc2ccccc2)nc2ccccc21. The van der Waals surface area contributed by atoms with E-state index in [9.17, 15) is 9.59 Å². The van der Waals surface area contributed by atoms with Crippen LogP contribution in [-0.2, 0) is 16.1 Å². The highest BCUT2D eigenvalue weighted by Gasteiger charge is 2.13. The Morgan fingerprint density at radius 1 is 1.11 bits per heavy atom. The second-order valence-electron chi connectivity index (χ2n) is 6.10. The molecule has 0 saturated heterocycles. The summed E-state index contributed by atoms with van der Waals surface area (Å²) in [6.45, 7) is 0.425. The number of thioether (sulfide) groups is 1. The molecular formula is C21H21N3O3S. The molecule has 0 spiro atoms. The minimum absolute atomic E-state index is 0.121. The number of aromatic nitrogens is 2. The fourth-order valence-corrected chi connectivity index (χ4v) is 3.65. The molecule has 0 radical (unpaired) electrons. The van der Waals surface area contributed by atoms with E-state index in [0.717, 1.165) is 28.8 Å². The highest BCUT2D eigenvalue weighted by molar-refractivity contribution is 7.99. The number of aliphatic carboxylic acids is 1. The maximum absolute atomic E-state index is 11.9. The Morgan fingerprint density at radius 2 is 1.86 bits per heavy atom. The maximum Gasteiger partial charge on any atom is 0.323 e. The van der Waals surface area contributed by atoms with Crippen LogP contribution in [0.1, 0.15) is 12.0 Å². The summed E-state index contributed by atoms with van der Waals surface area (Å²) < 4.78 is 1.71. The molecule has 1 amide bonds. The zero-order valence-electron chi connectivity index (χ0n) is 15.2. The van der Waals surface area contributed by atoms with Crippen LogP contribution >= 0.6 is 11.8 Å². The third-order valence-electron chi connectivity index (χ3n) is 3.99. The van der Waals surface area contributed by atoms with E-state index in [4.69, 9.17) is 5.11 Å². The molecule has 0 fully saturated rings. The predicted molar refractivity (Wildman–Crippen MR) is 111 cm³/mol. The van der Waals surface area contributed by atoms with Crippen LogP contribution in [0.4, 0.5) is 0 Å². The van der Waals surface area contributed by atoms with Crippen LogP contribution in [0.2, 0.25) is 0 Å². The lowest BCUT2D eigenvalue weighted by molar-refractivity contribution is -0.137. The van der Waals surface area contributed by atoms with E-state index in [1.807, 2.05) is 54.6 Å². The molecule has 2 N–H and O–H groups in total. The Kier molecular flexibility index (Phi) is 6.86. The van der Waals surface area contributed by atoms with Crippen molar-refractivity contribution in [2.24, 2.45) is 0 Å². The largest absolute Gasteiger partial charge is 0.480 e. The number of rotatable bonds is 9. The van der Waals surface area contributed by atoms with Crippen molar-refractivity contribution in [3.05, 3.63) is 66.2 Å². The van der Waals surface area contributed by atoms with Gasteiger partial charge < -0.3 is 15.0 Å². The topological polar surface area (TPSA) is 84.2 Å². The summed E-state index contributed by atoms with van der Waals surface area (Å²) in [6.07, 6.45) is 4.05. The van der Waals surface area contributed by atoms with Crippen molar-refractivity contribution < 1.29 is 14.7 Å². The van der Waals surface area contributed by atoms with Gasteiger partial charge in [0.1, 0.15) is 6.54 Å². The average molecular weight is 395 g/mol. The van der Waals surface area contributed by atoms with Gasteiger partial charge in [0, 0.05) is 18.4 Å². The molecule has 0 atom stereocenters. The van der Waals surface area contributed by atoms with Crippen LogP contribution in [0.25, 0.3) is 17.1 Å². The van der Waals surface area contributed by atoms with Crippen molar-refractivity contribution in [1.29, 1.82) is 0 Å². The number of para-hydroxylation sites is 2. The number of carbonyl (C=O) groups excluding carboxylic acids is 1. The summed E-state index contributed by atoms with van der Waals surface area (Å²) in [6, 6.07) is 17.1. The minimum Gasteiger partial charge on any atom is -0.480 e. The second kappa shape index (κ2) is 9.75. The van der Waals surface area contributed by atoms with Gasteiger partial charge in [-0.15, -0.1) is 0 Å². The maximum atomic E-state index is 11.9. The number of nitrogens with zero attached hydrogens (tertiary/aromatic N) is 2. The summed E-state index contributed by atoms with van der Waals surface area (Å²) in [5.74, 6) is -0.305. The van der Waals surface area contributed by atoms with E-state index in [-0.39, 0.29) is 12.5 Å². The first-order valence-corrected chi connectivity index (χ1v) is 9.93. The van der Waals surface area contributed by atoms with E-state index >= 15 is 0 Å². The first-order chi connectivity index (χ1) is 13.6. The van der Waals surface area contributed by atoms with Gasteiger partial charge in [0.25, 0.3) is 0 Å². The lowest BCUT2D eigenvalue weighted by Crippen LogP contribution is -2.22. The Balaban J connectivity index is 1.48. The van der Waals surface area contributed by atoms with Crippen LogP contribution in [0.5, 0.6) is 0 Å². The molecule has 7 heteroatoms. The smallest absolute Gasteiger partial charge is 0.323 e. The summed E-state index contributed by atoms with van der Waals surface area (Å²) in [7, 11) is 0. The lowest BCUT2D eigenvalue weighted by atomic mass is 10.2. The molecule has 2 aromatic carbocycles. The summed E-state index contributed by atoms with van der Waals surface area (Å²) in [4.78, 5) is 27.5. The number of imidazole rings is 1. The predicted octanol–water partition coefficient (Wildman–Crippen LogP) is 3.43. The molecule has 6 nitrogen and oxygen atoms in total. The molecule has 0 aliphatic rings. The summed E-state index contributed by atoms with van der Waals surface area (Å²) in [5, 5.41) is 12.7. The molecule has 1 aromatic heterocycles. The van der Waals surface area contributed by atoms with Crippen LogP contribution in [0.15, 0.2) is 65.8 Å². The number of amides is 1. The van der Waals surface area contributed by atoms with E-state index in [0.29, 0.717) is 11.7 Å². The van der Waals surface area contributed by atoms with Gasteiger partial charge in [-0.1, -0.05) is 54.2 Å². The van der Waals surface area contributed by atoms with Crippen molar-refractivity contribution >= 4 is 40.7 Å². The zero-order valence-corrected chi connectivity index (χ0v) is 16.1. The third kappa shape index (κ3) is 5.47. The number of carboxylic acid groups (broad SMARTS) is 1. The number of carboxylic acids is 1. The molecule has 0 unspecified atom stereocenters. The van der Waals surface area contributed by atoms with E-state index in [2.05, 4.69) is 10.3 Å². The monoisotopic (exact) mass is 395 g/mol. The van der Waals surface area contributed by atoms with Crippen LogP contribution < -0.4 is 5.32 Å². The number of fused-ring (bicyclic) bond motifs is 1. The zero-order chi connectivity index (χ0) is 19.8. The highest BCUT2D eigenvalue weighted by Crippen LogP contribution is 2.24. The summed E-state index contributed by atoms with van der Waals surface area (Å²) >= 11 is 1.50.